The van der Waals surface area contributed by atoms with Crippen molar-refractivity contribution in [3.63, 3.8) is 0 Å². The molecule has 1 atom stereocenters. The Bertz CT molecular complexity index is 727. The number of aryl methyl sites for hydroxylation is 1. The fraction of sp³-hybridized carbons (Fsp3) is 0.579. The average molecular weight is 326 g/mol. The van der Waals surface area contributed by atoms with Gasteiger partial charge < -0.3 is 14.5 Å². The zero-order valence-electron chi connectivity index (χ0n) is 14.7. The third-order valence-corrected chi connectivity index (χ3v) is 5.32. The molecule has 5 heteroatoms. The van der Waals surface area contributed by atoms with Gasteiger partial charge in [0.1, 0.15) is 5.75 Å². The molecule has 4 rings (SSSR count). The highest BCUT2D eigenvalue weighted by molar-refractivity contribution is 5.78. The van der Waals surface area contributed by atoms with E-state index in [0.29, 0.717) is 0 Å². The van der Waals surface area contributed by atoms with Crippen molar-refractivity contribution < 1.29 is 4.74 Å². The predicted octanol–water partition coefficient (Wildman–Crippen LogP) is 2.87. The Kier molecular flexibility index (Phi) is 4.27. The van der Waals surface area contributed by atoms with E-state index in [2.05, 4.69) is 16.7 Å². The molecule has 0 bridgehead atoms. The Morgan fingerprint density at radius 2 is 1.96 bits per heavy atom. The van der Waals surface area contributed by atoms with Crippen LogP contribution in [0.1, 0.15) is 25.0 Å². The molecule has 0 aliphatic carbocycles. The summed E-state index contributed by atoms with van der Waals surface area (Å²) in [6.45, 7) is 8.08. The third kappa shape index (κ3) is 3.05. The molecule has 2 aromatic rings. The van der Waals surface area contributed by atoms with E-state index in [-0.39, 0.29) is 0 Å². The van der Waals surface area contributed by atoms with Crippen LogP contribution in [0, 0.1) is 12.8 Å². The quantitative estimate of drug-likeness (QED) is 0.864. The molecule has 128 valence electrons. The van der Waals surface area contributed by atoms with E-state index in [4.69, 9.17) is 14.7 Å². The summed E-state index contributed by atoms with van der Waals surface area (Å²) >= 11 is 0. The number of nitrogens with zero attached hydrogens (tertiary/aromatic N) is 4. The molecule has 0 radical (unpaired) electrons. The number of ether oxygens (including phenoxy) is 1. The Balaban J connectivity index is 1.52. The summed E-state index contributed by atoms with van der Waals surface area (Å²) in [5.41, 5.74) is 2.86. The highest BCUT2D eigenvalue weighted by Crippen LogP contribution is 2.28. The molecule has 2 fully saturated rings. The normalized spacial score (nSPS) is 21.8. The molecule has 0 N–H and O–H groups in total. The van der Waals surface area contributed by atoms with Crippen LogP contribution in [0.15, 0.2) is 18.2 Å². The summed E-state index contributed by atoms with van der Waals surface area (Å²) in [5, 5.41) is 0. The van der Waals surface area contributed by atoms with Gasteiger partial charge in [-0.25, -0.2) is 9.97 Å². The largest absolute Gasteiger partial charge is 0.497 e. The van der Waals surface area contributed by atoms with Crippen molar-refractivity contribution in [1.29, 1.82) is 0 Å². The number of hydrogen-bond acceptors (Lipinski definition) is 5. The molecule has 2 aliphatic rings. The predicted molar refractivity (Wildman–Crippen MR) is 96.8 cm³/mol. The highest BCUT2D eigenvalue weighted by Gasteiger charge is 2.27. The maximum absolute atomic E-state index is 5.29. The van der Waals surface area contributed by atoms with Crippen LogP contribution in [0.3, 0.4) is 0 Å². The van der Waals surface area contributed by atoms with Crippen molar-refractivity contribution in [1.82, 2.24) is 14.9 Å². The van der Waals surface area contributed by atoms with E-state index in [1.807, 2.05) is 18.2 Å². The van der Waals surface area contributed by atoms with Gasteiger partial charge in [0.25, 0.3) is 0 Å². The molecular formula is C19H26N4O. The van der Waals surface area contributed by atoms with E-state index in [1.165, 1.54) is 38.9 Å². The number of fused-ring (bicyclic) bond motifs is 1. The molecule has 2 aliphatic heterocycles. The molecule has 0 saturated carbocycles. The number of methoxy groups -OCH3 is 1. The van der Waals surface area contributed by atoms with Gasteiger partial charge in [-0.1, -0.05) is 0 Å². The Hall–Kier alpha value is -1.88. The fourth-order valence-electron chi connectivity index (χ4n) is 4.04. The van der Waals surface area contributed by atoms with Gasteiger partial charge in [-0.3, -0.25) is 0 Å². The van der Waals surface area contributed by atoms with Crippen molar-refractivity contribution in [3.8, 4) is 5.75 Å². The molecule has 5 nitrogen and oxygen atoms in total. The molecular weight excluding hydrogens is 300 g/mol. The van der Waals surface area contributed by atoms with Crippen LogP contribution in [-0.2, 0) is 0 Å². The number of aromatic nitrogens is 2. The Labute approximate surface area is 143 Å². The van der Waals surface area contributed by atoms with Crippen molar-refractivity contribution in [2.45, 2.75) is 26.2 Å². The summed E-state index contributed by atoms with van der Waals surface area (Å²) in [6, 6.07) is 5.91. The molecule has 24 heavy (non-hydrogen) atoms. The van der Waals surface area contributed by atoms with E-state index in [0.717, 1.165) is 47.3 Å². The molecule has 1 unspecified atom stereocenters. The van der Waals surface area contributed by atoms with Crippen molar-refractivity contribution >= 4 is 16.9 Å². The van der Waals surface area contributed by atoms with Crippen molar-refractivity contribution in [2.75, 3.05) is 44.7 Å². The maximum Gasteiger partial charge on any atom is 0.150 e. The minimum Gasteiger partial charge on any atom is -0.497 e. The topological polar surface area (TPSA) is 41.5 Å². The smallest absolute Gasteiger partial charge is 0.150 e. The number of hydrogen-bond donors (Lipinski definition) is 0. The lowest BCUT2D eigenvalue weighted by Gasteiger charge is -2.22. The molecule has 0 amide bonds. The second-order valence-corrected chi connectivity index (χ2v) is 7.10. The number of benzene rings is 1. The van der Waals surface area contributed by atoms with Crippen molar-refractivity contribution in [2.24, 2.45) is 5.92 Å². The monoisotopic (exact) mass is 326 g/mol. The van der Waals surface area contributed by atoms with Gasteiger partial charge >= 0.3 is 0 Å². The molecule has 2 saturated heterocycles. The SMILES string of the molecule is COc1ccc2nc(N3CCC(CN4CCCC4)C3)c(C)nc2c1. The highest BCUT2D eigenvalue weighted by atomic mass is 16.5. The minimum absolute atomic E-state index is 0.760. The first-order chi connectivity index (χ1) is 11.7. The van der Waals surface area contributed by atoms with Gasteiger partial charge in [-0.15, -0.1) is 0 Å². The van der Waals surface area contributed by atoms with Gasteiger partial charge in [0.15, 0.2) is 5.82 Å². The average Bonchev–Trinajstić information content (AvgIpc) is 3.26. The second kappa shape index (κ2) is 6.55. The van der Waals surface area contributed by atoms with Crippen LogP contribution < -0.4 is 9.64 Å². The summed E-state index contributed by atoms with van der Waals surface area (Å²) in [4.78, 5) is 14.7. The van der Waals surface area contributed by atoms with Crippen LogP contribution in [0.4, 0.5) is 5.82 Å². The van der Waals surface area contributed by atoms with E-state index in [9.17, 15) is 0 Å². The zero-order chi connectivity index (χ0) is 16.5. The number of likely N-dealkylation sites (tertiary alicyclic amines) is 1. The van der Waals surface area contributed by atoms with Gasteiger partial charge in [0.2, 0.25) is 0 Å². The Morgan fingerprint density at radius 3 is 2.75 bits per heavy atom. The first-order valence-electron chi connectivity index (χ1n) is 9.02. The van der Waals surface area contributed by atoms with Crippen LogP contribution in [0.25, 0.3) is 11.0 Å². The van der Waals surface area contributed by atoms with Crippen LogP contribution in [0.2, 0.25) is 0 Å². The summed E-state index contributed by atoms with van der Waals surface area (Å²) < 4.78 is 5.29. The summed E-state index contributed by atoms with van der Waals surface area (Å²) in [5.74, 6) is 2.64. The minimum atomic E-state index is 0.760. The molecule has 3 heterocycles. The van der Waals surface area contributed by atoms with Crippen LogP contribution in [-0.4, -0.2) is 54.7 Å². The lowest BCUT2D eigenvalue weighted by Crippen LogP contribution is -2.29. The lowest BCUT2D eigenvalue weighted by atomic mass is 10.1. The van der Waals surface area contributed by atoms with E-state index < -0.39 is 0 Å². The first kappa shape index (κ1) is 15.6. The zero-order valence-corrected chi connectivity index (χ0v) is 14.7. The van der Waals surface area contributed by atoms with Gasteiger partial charge in [-0.05, 0) is 57.3 Å². The third-order valence-electron chi connectivity index (χ3n) is 5.32. The van der Waals surface area contributed by atoms with E-state index >= 15 is 0 Å². The van der Waals surface area contributed by atoms with E-state index in [1.54, 1.807) is 7.11 Å². The fourth-order valence-corrected chi connectivity index (χ4v) is 4.04. The second-order valence-electron chi connectivity index (χ2n) is 7.10. The van der Waals surface area contributed by atoms with Gasteiger partial charge in [-0.2, -0.15) is 0 Å². The maximum atomic E-state index is 5.29. The number of anilines is 1. The summed E-state index contributed by atoms with van der Waals surface area (Å²) in [6.07, 6.45) is 4.00. The summed E-state index contributed by atoms with van der Waals surface area (Å²) in [7, 11) is 1.68. The number of rotatable bonds is 4. The standard InChI is InChI=1S/C19H26N4O/c1-14-19(21-17-6-5-16(24-2)11-18(17)20-14)23-10-7-15(13-23)12-22-8-3-4-9-22/h5-6,11,15H,3-4,7-10,12-13H2,1-2H3. The molecule has 1 aromatic carbocycles. The lowest BCUT2D eigenvalue weighted by molar-refractivity contribution is 0.289. The van der Waals surface area contributed by atoms with Gasteiger partial charge in [0.05, 0.1) is 23.8 Å². The molecule has 1 aromatic heterocycles. The van der Waals surface area contributed by atoms with Crippen LogP contribution in [0.5, 0.6) is 5.75 Å². The van der Waals surface area contributed by atoms with Crippen molar-refractivity contribution in [3.05, 3.63) is 23.9 Å². The Morgan fingerprint density at radius 1 is 1.12 bits per heavy atom. The molecule has 0 spiro atoms. The van der Waals surface area contributed by atoms with Gasteiger partial charge in [0, 0.05) is 25.7 Å². The first-order valence-corrected chi connectivity index (χ1v) is 9.02. The van der Waals surface area contributed by atoms with Crippen LogP contribution >= 0.6 is 0 Å².